The highest BCUT2D eigenvalue weighted by Crippen LogP contribution is 2.32. The van der Waals surface area contributed by atoms with Gasteiger partial charge in [0.2, 0.25) is 0 Å². The number of carboxylic acid groups (broad SMARTS) is 1. The highest BCUT2D eigenvalue weighted by molar-refractivity contribution is 5.85. The van der Waals surface area contributed by atoms with Crippen LogP contribution in [0.5, 0.6) is 0 Å². The van der Waals surface area contributed by atoms with Crippen molar-refractivity contribution in [3.8, 4) is 0 Å². The van der Waals surface area contributed by atoms with E-state index in [4.69, 9.17) is 5.11 Å². The lowest BCUT2D eigenvalue weighted by Gasteiger charge is -2.25. The lowest BCUT2D eigenvalue weighted by molar-refractivity contribution is -0.132. The number of carboxylic acids is 1. The van der Waals surface area contributed by atoms with Crippen molar-refractivity contribution >= 4 is 22.6 Å². The minimum atomic E-state index is -1.17. The van der Waals surface area contributed by atoms with Crippen LogP contribution in [0.1, 0.15) is 70.3 Å². The quantitative estimate of drug-likeness (QED) is 0.626. The Bertz CT molecular complexity index is 1150. The monoisotopic (exact) mass is 443 g/mol. The topological polar surface area (TPSA) is 93.3 Å². The van der Waals surface area contributed by atoms with E-state index < -0.39 is 23.0 Å². The molecule has 0 unspecified atom stereocenters. The molecule has 2 aliphatic rings. The molecule has 2 aliphatic carbocycles. The van der Waals surface area contributed by atoms with Crippen molar-refractivity contribution in [1.82, 2.24) is 9.13 Å². The number of halogens is 1. The molecule has 32 heavy (non-hydrogen) atoms. The summed E-state index contributed by atoms with van der Waals surface area (Å²) in [5.74, 6) is -1.68. The van der Waals surface area contributed by atoms with Gasteiger partial charge in [-0.1, -0.05) is 38.7 Å². The number of rotatable bonds is 7. The van der Waals surface area contributed by atoms with Gasteiger partial charge < -0.3 is 10.4 Å². The van der Waals surface area contributed by atoms with Crippen LogP contribution in [0, 0.1) is 5.82 Å². The van der Waals surface area contributed by atoms with E-state index in [-0.39, 0.29) is 36.0 Å². The maximum atomic E-state index is 15.0. The Labute approximate surface area is 185 Å². The van der Waals surface area contributed by atoms with Gasteiger partial charge in [0, 0.05) is 24.2 Å². The van der Waals surface area contributed by atoms with Gasteiger partial charge >= 0.3 is 11.7 Å². The van der Waals surface area contributed by atoms with E-state index in [2.05, 4.69) is 11.9 Å². The van der Waals surface area contributed by atoms with E-state index in [9.17, 15) is 14.4 Å². The number of aromatic nitrogens is 2. The van der Waals surface area contributed by atoms with Crippen LogP contribution >= 0.6 is 0 Å². The summed E-state index contributed by atoms with van der Waals surface area (Å²) in [4.78, 5) is 37.6. The fourth-order valence-electron chi connectivity index (χ4n) is 5.04. The van der Waals surface area contributed by atoms with E-state index in [1.165, 1.54) is 12.5 Å². The molecule has 0 bridgehead atoms. The summed E-state index contributed by atoms with van der Waals surface area (Å²) in [6.45, 7) is 3.38. The summed E-state index contributed by atoms with van der Waals surface area (Å²) < 4.78 is 17.7. The van der Waals surface area contributed by atoms with Crippen molar-refractivity contribution in [1.29, 1.82) is 0 Å². The number of fused-ring (bicyclic) bond motifs is 1. The number of hydrogen-bond acceptors (Lipinski definition) is 4. The first-order valence-corrected chi connectivity index (χ1v) is 11.5. The lowest BCUT2D eigenvalue weighted by Crippen LogP contribution is -2.41. The molecule has 0 atom stereocenters. The minimum absolute atomic E-state index is 0.0372. The molecule has 2 fully saturated rings. The predicted molar refractivity (Wildman–Crippen MR) is 122 cm³/mol. The molecule has 0 radical (unpaired) electrons. The molecule has 0 amide bonds. The number of carbonyl (C=O) groups is 1. The number of aliphatic carboxylic acids is 1. The number of anilines is 1. The minimum Gasteiger partial charge on any atom is -0.478 e. The molecule has 0 aliphatic heterocycles. The van der Waals surface area contributed by atoms with Gasteiger partial charge in [-0.3, -0.25) is 13.9 Å². The average Bonchev–Trinajstić information content (AvgIpc) is 3.30. The Hall–Kier alpha value is -2.90. The van der Waals surface area contributed by atoms with Crippen LogP contribution in [0.2, 0.25) is 0 Å². The predicted octanol–water partition coefficient (Wildman–Crippen LogP) is 4.19. The number of nitrogens with one attached hydrogen (secondary N) is 1. The van der Waals surface area contributed by atoms with Crippen LogP contribution < -0.4 is 16.6 Å². The number of nitrogens with zero attached hydrogens (tertiary/aromatic N) is 2. The van der Waals surface area contributed by atoms with Gasteiger partial charge in [0.05, 0.1) is 16.6 Å². The Morgan fingerprint density at radius 1 is 1.09 bits per heavy atom. The largest absolute Gasteiger partial charge is 0.478 e. The van der Waals surface area contributed by atoms with Crippen molar-refractivity contribution in [3.63, 3.8) is 0 Å². The van der Waals surface area contributed by atoms with Gasteiger partial charge in [0.1, 0.15) is 5.82 Å². The highest BCUT2D eigenvalue weighted by Gasteiger charge is 2.25. The third-order valence-electron chi connectivity index (χ3n) is 6.85. The molecule has 2 aromatic rings. The molecule has 4 rings (SSSR count). The molecular formula is C24H30FN3O4. The average molecular weight is 444 g/mol. The fraction of sp³-hybridized carbons (Fsp3) is 0.542. The van der Waals surface area contributed by atoms with E-state index >= 15 is 4.39 Å². The van der Waals surface area contributed by atoms with Crippen LogP contribution in [-0.2, 0) is 11.3 Å². The first-order chi connectivity index (χ1) is 15.4. The third kappa shape index (κ3) is 4.36. The smallest absolute Gasteiger partial charge is 0.331 e. The first-order valence-electron chi connectivity index (χ1n) is 11.5. The zero-order valence-corrected chi connectivity index (χ0v) is 18.2. The first kappa shape index (κ1) is 22.3. The van der Waals surface area contributed by atoms with Gasteiger partial charge in [0.25, 0.3) is 5.56 Å². The van der Waals surface area contributed by atoms with Crippen LogP contribution in [0.15, 0.2) is 33.9 Å². The molecule has 172 valence electrons. The van der Waals surface area contributed by atoms with Crippen molar-refractivity contribution in [2.75, 3.05) is 5.32 Å². The Morgan fingerprint density at radius 3 is 2.41 bits per heavy atom. The number of hydrogen-bond donors (Lipinski definition) is 2. The Morgan fingerprint density at radius 2 is 1.75 bits per heavy atom. The molecule has 0 saturated heterocycles. The van der Waals surface area contributed by atoms with Crippen LogP contribution in [0.4, 0.5) is 10.1 Å². The molecular weight excluding hydrogens is 413 g/mol. The summed E-state index contributed by atoms with van der Waals surface area (Å²) in [5, 5.41) is 12.5. The zero-order chi connectivity index (χ0) is 22.8. The summed E-state index contributed by atoms with van der Waals surface area (Å²) >= 11 is 0. The molecule has 1 aromatic heterocycles. The van der Waals surface area contributed by atoms with E-state index in [0.29, 0.717) is 11.2 Å². The second kappa shape index (κ2) is 9.30. The second-order valence-electron chi connectivity index (χ2n) is 9.03. The molecule has 8 heteroatoms. The molecule has 1 heterocycles. The van der Waals surface area contributed by atoms with Crippen LogP contribution in [-0.4, -0.2) is 26.3 Å². The zero-order valence-electron chi connectivity index (χ0n) is 18.2. The fourth-order valence-corrected chi connectivity index (χ4v) is 5.04. The standard InChI is InChI=1S/C24H30FN3O4/c1-15(23(30)31)11-12-27-22(29)18-13-19(25)20(26-16-7-3-2-4-8-16)14-21(18)28(24(27)32)17-9-5-6-10-17/h13-14,16-17,26H,1-12H2,(H,30,31). The van der Waals surface area contributed by atoms with Gasteiger partial charge in [-0.2, -0.15) is 0 Å². The molecule has 7 nitrogen and oxygen atoms in total. The second-order valence-corrected chi connectivity index (χ2v) is 9.03. The van der Waals surface area contributed by atoms with E-state index in [0.717, 1.165) is 55.9 Å². The summed E-state index contributed by atoms with van der Waals surface area (Å²) in [5.41, 5.74) is -0.378. The third-order valence-corrected chi connectivity index (χ3v) is 6.85. The highest BCUT2D eigenvalue weighted by atomic mass is 19.1. The van der Waals surface area contributed by atoms with Crippen LogP contribution in [0.25, 0.3) is 10.9 Å². The van der Waals surface area contributed by atoms with Crippen molar-refractivity contribution in [2.45, 2.75) is 82.8 Å². The van der Waals surface area contributed by atoms with Crippen molar-refractivity contribution in [2.24, 2.45) is 0 Å². The molecule has 2 N–H and O–H groups in total. The maximum absolute atomic E-state index is 15.0. The van der Waals surface area contributed by atoms with Gasteiger partial charge in [-0.15, -0.1) is 0 Å². The molecule has 2 saturated carbocycles. The summed E-state index contributed by atoms with van der Waals surface area (Å²) in [6, 6.07) is 2.95. The van der Waals surface area contributed by atoms with Gasteiger partial charge in [-0.05, 0) is 44.2 Å². The SMILES string of the molecule is C=C(CCn1c(=O)c2cc(F)c(NC3CCCCC3)cc2n(C2CCCC2)c1=O)C(=O)O. The molecule has 0 spiro atoms. The Kier molecular flexibility index (Phi) is 6.48. The molecule has 1 aromatic carbocycles. The lowest BCUT2D eigenvalue weighted by atomic mass is 9.95. The normalized spacial score (nSPS) is 17.7. The Balaban J connectivity index is 1.82. The van der Waals surface area contributed by atoms with Crippen molar-refractivity contribution in [3.05, 3.63) is 50.9 Å². The number of benzene rings is 1. The maximum Gasteiger partial charge on any atom is 0.331 e. The van der Waals surface area contributed by atoms with E-state index in [1.54, 1.807) is 10.6 Å². The summed E-state index contributed by atoms with van der Waals surface area (Å²) in [7, 11) is 0. The van der Waals surface area contributed by atoms with Gasteiger partial charge in [-0.25, -0.2) is 14.0 Å². The van der Waals surface area contributed by atoms with E-state index in [1.807, 2.05) is 0 Å². The summed E-state index contributed by atoms with van der Waals surface area (Å²) in [6.07, 6.45) is 8.92. The van der Waals surface area contributed by atoms with Crippen LogP contribution in [0.3, 0.4) is 0 Å². The van der Waals surface area contributed by atoms with Crippen molar-refractivity contribution < 1.29 is 14.3 Å². The van der Waals surface area contributed by atoms with Gasteiger partial charge in [0.15, 0.2) is 0 Å².